The molecule has 0 aliphatic carbocycles. The van der Waals surface area contributed by atoms with Gasteiger partial charge in [-0.3, -0.25) is 0 Å². The molecular formula is C15H16FN3O5. The normalized spacial score (nSPS) is 32.2. The van der Waals surface area contributed by atoms with E-state index in [2.05, 4.69) is 10.3 Å². The van der Waals surface area contributed by atoms with Crippen LogP contribution in [-0.4, -0.2) is 61.8 Å². The Balaban J connectivity index is 1.81. The Morgan fingerprint density at radius 1 is 1.38 bits per heavy atom. The smallest absolute Gasteiger partial charge is 0.215 e. The summed E-state index contributed by atoms with van der Waals surface area (Å²) >= 11 is 0. The van der Waals surface area contributed by atoms with Crippen LogP contribution >= 0.6 is 0 Å². The minimum atomic E-state index is -1.47. The summed E-state index contributed by atoms with van der Waals surface area (Å²) in [5.41, 5.74) is -0.0504. The van der Waals surface area contributed by atoms with Crippen molar-refractivity contribution >= 4 is 0 Å². The van der Waals surface area contributed by atoms with Gasteiger partial charge in [0.25, 0.3) is 0 Å². The summed E-state index contributed by atoms with van der Waals surface area (Å²) in [4.78, 5) is 0. The summed E-state index contributed by atoms with van der Waals surface area (Å²) < 4.78 is 26.0. The summed E-state index contributed by atoms with van der Waals surface area (Å²) in [6, 6.07) is 5.89. The van der Waals surface area contributed by atoms with E-state index in [1.807, 2.05) is 0 Å². The molecule has 2 aliphatic rings. The van der Waals surface area contributed by atoms with Crippen molar-refractivity contribution in [1.29, 1.82) is 0 Å². The predicted octanol–water partition coefficient (Wildman–Crippen LogP) is -0.620. The predicted molar refractivity (Wildman–Crippen MR) is 77.0 cm³/mol. The number of hydrogen-bond acceptors (Lipinski definition) is 7. The molecule has 2 aliphatic heterocycles. The van der Waals surface area contributed by atoms with E-state index in [1.54, 1.807) is 12.1 Å². The molecule has 1 fully saturated rings. The fraction of sp³-hybridized carbons (Fsp3) is 0.467. The largest absolute Gasteiger partial charge is 0.394 e. The molecule has 1 spiro atoms. The van der Waals surface area contributed by atoms with Gasteiger partial charge in [0, 0.05) is 5.56 Å². The summed E-state index contributed by atoms with van der Waals surface area (Å²) in [5.74, 6) is -0.409. The molecular weight excluding hydrogens is 321 g/mol. The van der Waals surface area contributed by atoms with Gasteiger partial charge in [-0.15, -0.1) is 5.10 Å². The van der Waals surface area contributed by atoms with Gasteiger partial charge in [-0.25, -0.2) is 9.07 Å². The fourth-order valence-corrected chi connectivity index (χ4v) is 3.26. The number of benzene rings is 1. The molecule has 3 heterocycles. The van der Waals surface area contributed by atoms with Crippen molar-refractivity contribution in [3.05, 3.63) is 35.8 Å². The number of nitrogens with zero attached hydrogens (tertiary/aromatic N) is 3. The summed E-state index contributed by atoms with van der Waals surface area (Å²) in [6.07, 6.45) is -3.60. The zero-order valence-corrected chi connectivity index (χ0v) is 12.5. The fourth-order valence-electron chi connectivity index (χ4n) is 3.26. The van der Waals surface area contributed by atoms with Gasteiger partial charge in [0.15, 0.2) is 0 Å². The van der Waals surface area contributed by atoms with Crippen molar-refractivity contribution in [1.82, 2.24) is 15.0 Å². The zero-order chi connectivity index (χ0) is 16.9. The maximum atomic E-state index is 13.5. The molecule has 9 heteroatoms. The lowest BCUT2D eigenvalue weighted by atomic mass is 10.0. The zero-order valence-electron chi connectivity index (χ0n) is 12.5. The second-order valence-corrected chi connectivity index (χ2v) is 5.92. The molecule has 8 nitrogen and oxygen atoms in total. The minimum Gasteiger partial charge on any atom is -0.394 e. The molecule has 1 saturated heterocycles. The average Bonchev–Trinajstić information content (AvgIpc) is 3.12. The Morgan fingerprint density at radius 2 is 2.21 bits per heavy atom. The Kier molecular flexibility index (Phi) is 3.62. The molecule has 128 valence electrons. The van der Waals surface area contributed by atoms with Crippen LogP contribution in [0.4, 0.5) is 4.39 Å². The van der Waals surface area contributed by atoms with Gasteiger partial charge in [-0.05, 0) is 12.1 Å². The highest BCUT2D eigenvalue weighted by molar-refractivity contribution is 5.61. The van der Waals surface area contributed by atoms with Crippen molar-refractivity contribution in [2.75, 3.05) is 13.2 Å². The molecule has 0 radical (unpaired) electrons. The van der Waals surface area contributed by atoms with Crippen molar-refractivity contribution in [3.8, 4) is 11.3 Å². The SMILES string of the molecule is OC[C@H]1O[C@]2(COCc3c(-c4cccc(F)c4)nnn32)[C@H](O)[C@@H]1O. The third-order valence-corrected chi connectivity index (χ3v) is 4.47. The third kappa shape index (κ3) is 2.10. The van der Waals surface area contributed by atoms with Crippen LogP contribution in [0.1, 0.15) is 5.69 Å². The number of aromatic nitrogens is 3. The second kappa shape index (κ2) is 5.57. The first-order chi connectivity index (χ1) is 11.6. The lowest BCUT2D eigenvalue weighted by Gasteiger charge is -2.36. The number of fused-ring (bicyclic) bond motifs is 2. The number of ether oxygens (including phenoxy) is 2. The third-order valence-electron chi connectivity index (χ3n) is 4.47. The summed E-state index contributed by atoms with van der Waals surface area (Å²) in [6.45, 7) is -0.363. The van der Waals surface area contributed by atoms with E-state index in [1.165, 1.54) is 16.8 Å². The van der Waals surface area contributed by atoms with Crippen molar-refractivity contribution in [2.24, 2.45) is 0 Å². The van der Waals surface area contributed by atoms with Gasteiger partial charge in [-0.1, -0.05) is 17.3 Å². The highest BCUT2D eigenvalue weighted by Gasteiger charge is 2.58. The molecule has 3 N–H and O–H groups in total. The number of aliphatic hydroxyl groups is 3. The molecule has 1 aromatic heterocycles. The highest BCUT2D eigenvalue weighted by Crippen LogP contribution is 2.40. The Morgan fingerprint density at radius 3 is 2.92 bits per heavy atom. The van der Waals surface area contributed by atoms with E-state index in [0.29, 0.717) is 17.0 Å². The molecule has 24 heavy (non-hydrogen) atoms. The first-order valence-electron chi connectivity index (χ1n) is 7.50. The van der Waals surface area contributed by atoms with Crippen LogP contribution in [0.5, 0.6) is 0 Å². The van der Waals surface area contributed by atoms with Crippen molar-refractivity contribution in [3.63, 3.8) is 0 Å². The summed E-state index contributed by atoms with van der Waals surface area (Å²) in [5, 5.41) is 37.9. The van der Waals surface area contributed by atoms with Gasteiger partial charge in [0.2, 0.25) is 5.72 Å². The van der Waals surface area contributed by atoms with E-state index in [4.69, 9.17) is 9.47 Å². The molecule has 0 amide bonds. The quantitative estimate of drug-likeness (QED) is 0.670. The van der Waals surface area contributed by atoms with Crippen LogP contribution in [-0.2, 0) is 21.8 Å². The Labute approximate surface area is 136 Å². The number of halogens is 1. The first kappa shape index (κ1) is 15.6. The molecule has 1 aromatic carbocycles. The van der Waals surface area contributed by atoms with E-state index in [0.717, 1.165) is 0 Å². The topological polar surface area (TPSA) is 110 Å². The first-order valence-corrected chi connectivity index (χ1v) is 7.50. The molecule has 0 bridgehead atoms. The standard InChI is InChI=1S/C15H16FN3O5/c16-9-3-1-2-8(4-9)12-10-6-23-7-15(19(10)18-17-12)14(22)13(21)11(5-20)24-15/h1-4,11,13-14,20-22H,5-7H2/t11-,13-,14-,15-/m1/s1. The van der Waals surface area contributed by atoms with Crippen molar-refractivity contribution < 1.29 is 29.2 Å². The number of aliphatic hydroxyl groups excluding tert-OH is 3. The molecule has 4 rings (SSSR count). The lowest BCUT2D eigenvalue weighted by molar-refractivity contribution is -0.208. The Hall–Kier alpha value is -1.91. The maximum absolute atomic E-state index is 13.5. The number of hydrogen-bond donors (Lipinski definition) is 3. The minimum absolute atomic E-state index is 0.0549. The van der Waals surface area contributed by atoms with Gasteiger partial charge in [-0.2, -0.15) is 0 Å². The van der Waals surface area contributed by atoms with Gasteiger partial charge in [0.1, 0.15) is 29.8 Å². The van der Waals surface area contributed by atoms with E-state index < -0.39 is 36.5 Å². The van der Waals surface area contributed by atoms with Crippen LogP contribution in [0, 0.1) is 5.82 Å². The van der Waals surface area contributed by atoms with Gasteiger partial charge in [0.05, 0.1) is 25.5 Å². The van der Waals surface area contributed by atoms with Gasteiger partial charge >= 0.3 is 0 Å². The Bertz CT molecular complexity index is 769. The monoisotopic (exact) mass is 337 g/mol. The van der Waals surface area contributed by atoms with Crippen LogP contribution in [0.25, 0.3) is 11.3 Å². The average molecular weight is 337 g/mol. The molecule has 0 unspecified atom stereocenters. The van der Waals surface area contributed by atoms with Crippen LogP contribution in [0.3, 0.4) is 0 Å². The van der Waals surface area contributed by atoms with Crippen LogP contribution < -0.4 is 0 Å². The number of rotatable bonds is 2. The summed E-state index contributed by atoms with van der Waals surface area (Å²) in [7, 11) is 0. The lowest BCUT2D eigenvalue weighted by Crippen LogP contribution is -2.52. The van der Waals surface area contributed by atoms with E-state index >= 15 is 0 Å². The van der Waals surface area contributed by atoms with Crippen molar-refractivity contribution in [2.45, 2.75) is 30.6 Å². The highest BCUT2D eigenvalue weighted by atomic mass is 19.1. The second-order valence-electron chi connectivity index (χ2n) is 5.92. The van der Waals surface area contributed by atoms with E-state index in [-0.39, 0.29) is 13.2 Å². The van der Waals surface area contributed by atoms with E-state index in [9.17, 15) is 19.7 Å². The molecule has 2 aromatic rings. The maximum Gasteiger partial charge on any atom is 0.215 e. The van der Waals surface area contributed by atoms with Gasteiger partial charge < -0.3 is 24.8 Å². The van der Waals surface area contributed by atoms with Crippen LogP contribution in [0.15, 0.2) is 24.3 Å². The molecule has 4 atom stereocenters. The van der Waals surface area contributed by atoms with Crippen LogP contribution in [0.2, 0.25) is 0 Å². The molecule has 0 saturated carbocycles.